The topological polar surface area (TPSA) is 89.6 Å². The van der Waals surface area contributed by atoms with Crippen molar-refractivity contribution < 1.29 is 13.2 Å². The van der Waals surface area contributed by atoms with E-state index in [0.29, 0.717) is 5.92 Å². The van der Waals surface area contributed by atoms with Gasteiger partial charge in [-0.2, -0.15) is 28.1 Å². The van der Waals surface area contributed by atoms with Gasteiger partial charge in [-0.1, -0.05) is 6.07 Å². The van der Waals surface area contributed by atoms with Crippen molar-refractivity contribution in [1.82, 2.24) is 19.9 Å². The Bertz CT molecular complexity index is 714. The maximum atomic E-state index is 12.8. The Labute approximate surface area is 130 Å². The molecule has 3 rings (SSSR count). The number of aromatic nitrogens is 4. The van der Waals surface area contributed by atoms with Gasteiger partial charge in [-0.15, -0.1) is 0 Å². The van der Waals surface area contributed by atoms with E-state index >= 15 is 0 Å². The van der Waals surface area contributed by atoms with Gasteiger partial charge in [0.15, 0.2) is 5.82 Å². The van der Waals surface area contributed by atoms with E-state index in [4.69, 9.17) is 5.73 Å². The molecule has 0 radical (unpaired) electrons. The lowest BCUT2D eigenvalue weighted by molar-refractivity contribution is -0.141. The van der Waals surface area contributed by atoms with Gasteiger partial charge in [-0.05, 0) is 37.8 Å². The molecular weight excluding hydrogens is 309 g/mol. The second-order valence-corrected chi connectivity index (χ2v) is 5.52. The predicted molar refractivity (Wildman–Crippen MR) is 78.3 cm³/mol. The highest BCUT2D eigenvalue weighted by Gasteiger charge is 2.33. The summed E-state index contributed by atoms with van der Waals surface area (Å²) in [4.78, 5) is 15.6. The minimum absolute atomic E-state index is 0.00366. The van der Waals surface area contributed by atoms with Crippen LogP contribution in [0.2, 0.25) is 0 Å². The van der Waals surface area contributed by atoms with E-state index in [1.165, 1.54) is 12.1 Å². The number of nitrogens with zero attached hydrogens (tertiary/aromatic N) is 4. The molecule has 0 unspecified atom stereocenters. The van der Waals surface area contributed by atoms with Gasteiger partial charge in [0.2, 0.25) is 11.9 Å². The molecule has 1 aliphatic rings. The average molecular weight is 324 g/mol. The zero-order chi connectivity index (χ0) is 16.6. The fraction of sp³-hybridized carbons (Fsp3) is 0.429. The molecule has 3 N–H and O–H groups in total. The molecule has 1 aliphatic carbocycles. The third-order valence-electron chi connectivity index (χ3n) is 3.61. The van der Waals surface area contributed by atoms with E-state index in [0.717, 1.165) is 18.9 Å². The Hall–Kier alpha value is -2.45. The Morgan fingerprint density at radius 1 is 1.17 bits per heavy atom. The zero-order valence-corrected chi connectivity index (χ0v) is 12.3. The molecule has 0 aliphatic heterocycles. The molecule has 6 nitrogen and oxygen atoms in total. The highest BCUT2D eigenvalue weighted by Crippen LogP contribution is 2.33. The van der Waals surface area contributed by atoms with Crippen LogP contribution in [0.25, 0.3) is 11.5 Å². The van der Waals surface area contributed by atoms with Crippen molar-refractivity contribution in [3.8, 4) is 11.5 Å². The van der Waals surface area contributed by atoms with Gasteiger partial charge in [0.05, 0.1) is 0 Å². The van der Waals surface area contributed by atoms with Crippen LogP contribution in [-0.2, 0) is 6.18 Å². The SMILES string of the molecule is C[C@@H](Nc1nc(N)nc(-c2cccc(C(F)(F)F)n2)n1)C1CC1. The maximum absolute atomic E-state index is 12.8. The van der Waals surface area contributed by atoms with Crippen molar-refractivity contribution in [3.05, 3.63) is 23.9 Å². The summed E-state index contributed by atoms with van der Waals surface area (Å²) < 4.78 is 38.3. The maximum Gasteiger partial charge on any atom is 0.433 e. The summed E-state index contributed by atoms with van der Waals surface area (Å²) in [5.74, 6) is 0.739. The van der Waals surface area contributed by atoms with E-state index in [9.17, 15) is 13.2 Å². The molecule has 0 spiro atoms. The predicted octanol–water partition coefficient (Wildman–Crippen LogP) is 2.75. The highest BCUT2D eigenvalue weighted by atomic mass is 19.4. The van der Waals surface area contributed by atoms with E-state index in [2.05, 4.69) is 25.3 Å². The second-order valence-electron chi connectivity index (χ2n) is 5.52. The quantitative estimate of drug-likeness (QED) is 0.899. The summed E-state index contributed by atoms with van der Waals surface area (Å²) in [6.07, 6.45) is -2.26. The van der Waals surface area contributed by atoms with Crippen LogP contribution in [0.3, 0.4) is 0 Å². The Morgan fingerprint density at radius 3 is 2.57 bits per heavy atom. The lowest BCUT2D eigenvalue weighted by Crippen LogP contribution is -2.20. The van der Waals surface area contributed by atoms with Crippen molar-refractivity contribution in [2.45, 2.75) is 32.0 Å². The molecule has 122 valence electrons. The van der Waals surface area contributed by atoms with Crippen LogP contribution < -0.4 is 11.1 Å². The third-order valence-corrected chi connectivity index (χ3v) is 3.61. The monoisotopic (exact) mass is 324 g/mol. The number of alkyl halides is 3. The zero-order valence-electron chi connectivity index (χ0n) is 12.3. The number of nitrogen functional groups attached to an aromatic ring is 1. The summed E-state index contributed by atoms with van der Waals surface area (Å²) >= 11 is 0. The lowest BCUT2D eigenvalue weighted by atomic mass is 10.2. The first-order chi connectivity index (χ1) is 10.8. The average Bonchev–Trinajstić information content (AvgIpc) is 3.30. The van der Waals surface area contributed by atoms with Gasteiger partial charge < -0.3 is 11.1 Å². The van der Waals surface area contributed by atoms with Gasteiger partial charge in [0.25, 0.3) is 0 Å². The van der Waals surface area contributed by atoms with Crippen LogP contribution in [0.5, 0.6) is 0 Å². The van der Waals surface area contributed by atoms with Gasteiger partial charge >= 0.3 is 6.18 Å². The van der Waals surface area contributed by atoms with Crippen LogP contribution in [0, 0.1) is 5.92 Å². The Morgan fingerprint density at radius 2 is 1.91 bits per heavy atom. The van der Waals surface area contributed by atoms with E-state index in [1.54, 1.807) is 0 Å². The van der Waals surface area contributed by atoms with Crippen molar-refractivity contribution in [1.29, 1.82) is 0 Å². The molecule has 0 aromatic carbocycles. The molecule has 9 heteroatoms. The Balaban J connectivity index is 1.91. The summed E-state index contributed by atoms with van der Waals surface area (Å²) in [7, 11) is 0. The number of anilines is 2. The number of rotatable bonds is 4. The molecule has 23 heavy (non-hydrogen) atoms. The first kappa shape index (κ1) is 15.4. The summed E-state index contributed by atoms with van der Waals surface area (Å²) in [5, 5.41) is 3.11. The number of nitrogens with two attached hydrogens (primary N) is 1. The smallest absolute Gasteiger partial charge is 0.368 e. The van der Waals surface area contributed by atoms with E-state index in [1.807, 2.05) is 6.92 Å². The van der Waals surface area contributed by atoms with Crippen LogP contribution in [-0.4, -0.2) is 26.0 Å². The van der Waals surface area contributed by atoms with Crippen molar-refractivity contribution in [3.63, 3.8) is 0 Å². The normalized spacial score (nSPS) is 16.2. The lowest BCUT2D eigenvalue weighted by Gasteiger charge is -2.13. The molecule has 1 atom stereocenters. The number of pyridine rings is 1. The summed E-state index contributed by atoms with van der Waals surface area (Å²) in [6, 6.07) is 3.71. The van der Waals surface area contributed by atoms with Crippen molar-refractivity contribution >= 4 is 11.9 Å². The van der Waals surface area contributed by atoms with Gasteiger partial charge in [0, 0.05) is 6.04 Å². The third kappa shape index (κ3) is 3.66. The van der Waals surface area contributed by atoms with Gasteiger partial charge in [-0.25, -0.2) is 4.98 Å². The molecule has 1 saturated carbocycles. The number of hydrogen-bond acceptors (Lipinski definition) is 6. The summed E-state index contributed by atoms with van der Waals surface area (Å²) in [6.45, 7) is 2.00. The molecule has 1 fully saturated rings. The first-order valence-corrected chi connectivity index (χ1v) is 7.15. The van der Waals surface area contributed by atoms with Crippen LogP contribution in [0.1, 0.15) is 25.5 Å². The molecular formula is C14H15F3N6. The summed E-state index contributed by atoms with van der Waals surface area (Å²) in [5.41, 5.74) is 4.63. The van der Waals surface area contributed by atoms with Gasteiger partial charge in [0.1, 0.15) is 11.4 Å². The minimum atomic E-state index is -4.53. The molecule has 0 saturated heterocycles. The number of nitrogens with one attached hydrogen (secondary N) is 1. The fourth-order valence-corrected chi connectivity index (χ4v) is 2.21. The highest BCUT2D eigenvalue weighted by molar-refractivity contribution is 5.53. The molecule has 0 bridgehead atoms. The van der Waals surface area contributed by atoms with E-state index < -0.39 is 11.9 Å². The standard InChI is InChI=1S/C14H15F3N6/c1-7(8-5-6-8)19-13-22-11(21-12(18)23-13)9-3-2-4-10(20-9)14(15,16)17/h2-4,7-8H,5-6H2,1H3,(H3,18,19,21,22,23)/t7-/m1/s1. The number of hydrogen-bond donors (Lipinski definition) is 2. The van der Waals surface area contributed by atoms with Crippen molar-refractivity contribution in [2.75, 3.05) is 11.1 Å². The Kier molecular flexibility index (Phi) is 3.78. The molecule has 2 aromatic heterocycles. The molecule has 2 aromatic rings. The molecule has 0 amide bonds. The van der Waals surface area contributed by atoms with Crippen LogP contribution in [0.15, 0.2) is 18.2 Å². The van der Waals surface area contributed by atoms with E-state index in [-0.39, 0.29) is 29.5 Å². The van der Waals surface area contributed by atoms with Gasteiger partial charge in [-0.3, -0.25) is 0 Å². The first-order valence-electron chi connectivity index (χ1n) is 7.15. The minimum Gasteiger partial charge on any atom is -0.368 e. The fourth-order valence-electron chi connectivity index (χ4n) is 2.21. The number of halogens is 3. The molecule has 2 heterocycles. The van der Waals surface area contributed by atoms with Crippen LogP contribution >= 0.6 is 0 Å². The largest absolute Gasteiger partial charge is 0.433 e. The second kappa shape index (κ2) is 5.64. The van der Waals surface area contributed by atoms with Crippen molar-refractivity contribution in [2.24, 2.45) is 5.92 Å². The van der Waals surface area contributed by atoms with Crippen LogP contribution in [0.4, 0.5) is 25.1 Å².